The highest BCUT2D eigenvalue weighted by molar-refractivity contribution is 7.22. The normalized spacial score (nSPS) is 11.1. The first-order chi connectivity index (χ1) is 15.5. The SMILES string of the molecule is CN(C)CCCN(C(=O)C(c1ccccc1)c1ccccc1)c1nc2ccc(F)cc2s1.Cl. The maximum absolute atomic E-state index is 14.1. The third-order valence-corrected chi connectivity index (χ3v) is 6.38. The number of carbonyl (C=O) groups is 1. The van der Waals surface area contributed by atoms with E-state index in [0.717, 1.165) is 28.8 Å². The molecule has 0 radical (unpaired) electrons. The fourth-order valence-electron chi connectivity index (χ4n) is 3.77. The molecule has 4 aromatic rings. The van der Waals surface area contributed by atoms with E-state index in [-0.39, 0.29) is 24.1 Å². The number of anilines is 1. The van der Waals surface area contributed by atoms with Crippen molar-refractivity contribution in [3.05, 3.63) is 95.8 Å². The predicted molar refractivity (Wildman–Crippen MR) is 137 cm³/mol. The van der Waals surface area contributed by atoms with Gasteiger partial charge in [0.25, 0.3) is 0 Å². The van der Waals surface area contributed by atoms with Crippen LogP contribution < -0.4 is 4.90 Å². The number of aromatic nitrogens is 1. The van der Waals surface area contributed by atoms with Gasteiger partial charge in [-0.2, -0.15) is 0 Å². The molecule has 0 saturated heterocycles. The average Bonchev–Trinajstić information content (AvgIpc) is 3.21. The summed E-state index contributed by atoms with van der Waals surface area (Å²) in [6, 6.07) is 24.2. The lowest BCUT2D eigenvalue weighted by molar-refractivity contribution is -0.119. The zero-order valence-electron chi connectivity index (χ0n) is 18.6. The highest BCUT2D eigenvalue weighted by atomic mass is 35.5. The number of fused-ring (bicyclic) bond motifs is 1. The van der Waals surface area contributed by atoms with Crippen LogP contribution in [0.2, 0.25) is 0 Å². The number of amides is 1. The van der Waals surface area contributed by atoms with E-state index in [1.54, 1.807) is 11.0 Å². The molecular weight excluding hydrogens is 457 g/mol. The number of rotatable bonds is 8. The molecule has 1 heterocycles. The topological polar surface area (TPSA) is 36.4 Å². The molecule has 0 atom stereocenters. The van der Waals surface area contributed by atoms with Gasteiger partial charge in [-0.1, -0.05) is 72.0 Å². The zero-order valence-corrected chi connectivity index (χ0v) is 20.3. The first kappa shape index (κ1) is 24.8. The Bertz CT molecular complexity index is 1140. The standard InChI is InChI=1S/C26H26FN3OS.ClH/c1-29(2)16-9-17-30(26-28-22-15-14-21(27)18-23(22)32-26)25(31)24(19-10-5-3-6-11-19)20-12-7-4-8-13-20;/h3-8,10-15,18,24H,9,16-17H2,1-2H3;1H. The Balaban J connectivity index is 0.00000306. The minimum atomic E-state index is -0.444. The summed E-state index contributed by atoms with van der Waals surface area (Å²) in [6.45, 7) is 1.39. The van der Waals surface area contributed by atoms with Crippen molar-refractivity contribution in [3.8, 4) is 0 Å². The Morgan fingerprint density at radius 1 is 0.939 bits per heavy atom. The van der Waals surface area contributed by atoms with Gasteiger partial charge in [0.15, 0.2) is 5.13 Å². The molecule has 4 rings (SSSR count). The first-order valence-electron chi connectivity index (χ1n) is 10.6. The smallest absolute Gasteiger partial charge is 0.240 e. The van der Waals surface area contributed by atoms with E-state index in [9.17, 15) is 9.18 Å². The van der Waals surface area contributed by atoms with Crippen molar-refractivity contribution >= 4 is 45.0 Å². The summed E-state index contributed by atoms with van der Waals surface area (Å²) in [7, 11) is 4.03. The third-order valence-electron chi connectivity index (χ3n) is 5.34. The molecule has 0 N–H and O–H groups in total. The van der Waals surface area contributed by atoms with Crippen molar-refractivity contribution in [1.82, 2.24) is 9.88 Å². The molecule has 0 unspecified atom stereocenters. The van der Waals surface area contributed by atoms with Crippen LogP contribution in [-0.2, 0) is 4.79 Å². The van der Waals surface area contributed by atoms with E-state index >= 15 is 0 Å². The minimum Gasteiger partial charge on any atom is -0.309 e. The third kappa shape index (κ3) is 5.96. The lowest BCUT2D eigenvalue weighted by Gasteiger charge is -2.26. The summed E-state index contributed by atoms with van der Waals surface area (Å²) in [4.78, 5) is 22.6. The molecule has 172 valence electrons. The van der Waals surface area contributed by atoms with E-state index in [4.69, 9.17) is 0 Å². The van der Waals surface area contributed by atoms with E-state index in [0.29, 0.717) is 17.2 Å². The zero-order chi connectivity index (χ0) is 22.5. The molecule has 0 aliphatic rings. The lowest BCUT2D eigenvalue weighted by Crippen LogP contribution is -2.37. The number of carbonyl (C=O) groups excluding carboxylic acids is 1. The molecule has 7 heteroatoms. The summed E-state index contributed by atoms with van der Waals surface area (Å²) in [6.07, 6.45) is 0.805. The van der Waals surface area contributed by atoms with Crippen molar-refractivity contribution in [1.29, 1.82) is 0 Å². The number of hydrogen-bond donors (Lipinski definition) is 0. The molecule has 33 heavy (non-hydrogen) atoms. The van der Waals surface area contributed by atoms with Gasteiger partial charge in [-0.05, 0) is 56.4 Å². The monoisotopic (exact) mass is 483 g/mol. The van der Waals surface area contributed by atoms with Gasteiger partial charge < -0.3 is 4.90 Å². The molecule has 0 spiro atoms. The molecule has 4 nitrogen and oxygen atoms in total. The van der Waals surface area contributed by atoms with E-state index in [1.807, 2.05) is 74.8 Å². The summed E-state index contributed by atoms with van der Waals surface area (Å²) in [5, 5.41) is 0.603. The van der Waals surface area contributed by atoms with Gasteiger partial charge in [-0.25, -0.2) is 9.37 Å². The van der Waals surface area contributed by atoms with Gasteiger partial charge in [-0.3, -0.25) is 9.69 Å². The number of thiazole rings is 1. The summed E-state index contributed by atoms with van der Waals surface area (Å²) < 4.78 is 14.5. The Kier molecular flexibility index (Phi) is 8.55. The second kappa shape index (κ2) is 11.4. The number of halogens is 2. The number of hydrogen-bond acceptors (Lipinski definition) is 4. The fourth-order valence-corrected chi connectivity index (χ4v) is 4.79. The first-order valence-corrected chi connectivity index (χ1v) is 11.5. The van der Waals surface area contributed by atoms with E-state index in [1.165, 1.54) is 23.5 Å². The highest BCUT2D eigenvalue weighted by Crippen LogP contribution is 2.34. The van der Waals surface area contributed by atoms with Crippen molar-refractivity contribution in [2.24, 2.45) is 0 Å². The summed E-state index contributed by atoms with van der Waals surface area (Å²) in [5.41, 5.74) is 2.58. The molecule has 0 aliphatic heterocycles. The molecule has 0 bridgehead atoms. The van der Waals surface area contributed by atoms with Gasteiger partial charge >= 0.3 is 0 Å². The largest absolute Gasteiger partial charge is 0.309 e. The predicted octanol–water partition coefficient (Wildman–Crippen LogP) is 5.97. The van der Waals surface area contributed by atoms with Crippen molar-refractivity contribution in [3.63, 3.8) is 0 Å². The van der Waals surface area contributed by atoms with Crippen LogP contribution in [0.5, 0.6) is 0 Å². The minimum absolute atomic E-state index is 0. The molecular formula is C26H27ClFN3OS. The van der Waals surface area contributed by atoms with E-state index < -0.39 is 5.92 Å². The van der Waals surface area contributed by atoms with Crippen molar-refractivity contribution < 1.29 is 9.18 Å². The Morgan fingerprint density at radius 3 is 2.12 bits per heavy atom. The lowest BCUT2D eigenvalue weighted by atomic mass is 9.90. The van der Waals surface area contributed by atoms with E-state index in [2.05, 4.69) is 9.88 Å². The Labute approximate surface area is 204 Å². The van der Waals surface area contributed by atoms with Gasteiger partial charge in [0, 0.05) is 6.54 Å². The molecule has 3 aromatic carbocycles. The van der Waals surface area contributed by atoms with Crippen LogP contribution in [0.15, 0.2) is 78.9 Å². The van der Waals surface area contributed by atoms with Crippen LogP contribution in [-0.4, -0.2) is 43.0 Å². The maximum Gasteiger partial charge on any atom is 0.240 e. The highest BCUT2D eigenvalue weighted by Gasteiger charge is 2.30. The van der Waals surface area contributed by atoms with Crippen LogP contribution >= 0.6 is 23.7 Å². The van der Waals surface area contributed by atoms with Crippen LogP contribution in [0.1, 0.15) is 23.5 Å². The summed E-state index contributed by atoms with van der Waals surface area (Å²) in [5.74, 6) is -0.772. The van der Waals surface area contributed by atoms with Crippen LogP contribution in [0, 0.1) is 5.82 Å². The van der Waals surface area contributed by atoms with Gasteiger partial charge in [0.2, 0.25) is 5.91 Å². The molecule has 0 aliphatic carbocycles. The van der Waals surface area contributed by atoms with Gasteiger partial charge in [0.1, 0.15) is 5.82 Å². The number of benzene rings is 3. The van der Waals surface area contributed by atoms with Crippen LogP contribution in [0.3, 0.4) is 0 Å². The van der Waals surface area contributed by atoms with Crippen LogP contribution in [0.25, 0.3) is 10.2 Å². The molecule has 1 aromatic heterocycles. The average molecular weight is 484 g/mol. The molecule has 0 saturated carbocycles. The van der Waals surface area contributed by atoms with Crippen molar-refractivity contribution in [2.75, 3.05) is 32.1 Å². The second-order valence-electron chi connectivity index (χ2n) is 8.01. The second-order valence-corrected chi connectivity index (χ2v) is 9.02. The number of nitrogens with zero attached hydrogens (tertiary/aromatic N) is 3. The Morgan fingerprint density at radius 2 is 1.55 bits per heavy atom. The molecule has 0 fully saturated rings. The summed E-state index contributed by atoms with van der Waals surface area (Å²) >= 11 is 1.35. The van der Waals surface area contributed by atoms with Crippen LogP contribution in [0.4, 0.5) is 9.52 Å². The quantitative estimate of drug-likeness (QED) is 0.309. The van der Waals surface area contributed by atoms with Crippen molar-refractivity contribution in [2.45, 2.75) is 12.3 Å². The maximum atomic E-state index is 14.1. The van der Waals surface area contributed by atoms with Gasteiger partial charge in [0.05, 0.1) is 16.1 Å². The molecule has 1 amide bonds. The van der Waals surface area contributed by atoms with Gasteiger partial charge in [-0.15, -0.1) is 12.4 Å². The Hall–Kier alpha value is -2.80. The fraction of sp³-hybridized carbons (Fsp3) is 0.231.